The Labute approximate surface area is 123 Å². The summed E-state index contributed by atoms with van der Waals surface area (Å²) in [5.74, 6) is 0. The normalized spacial score (nSPS) is 10.8. The Hall–Kier alpha value is -2.63. The van der Waals surface area contributed by atoms with Crippen molar-refractivity contribution in [3.05, 3.63) is 53.6 Å². The van der Waals surface area contributed by atoms with Gasteiger partial charge in [-0.25, -0.2) is 4.68 Å². The van der Waals surface area contributed by atoms with E-state index in [-0.39, 0.29) is 0 Å². The molecule has 0 fully saturated rings. The van der Waals surface area contributed by atoms with E-state index < -0.39 is 0 Å². The van der Waals surface area contributed by atoms with Crippen LogP contribution in [0.2, 0.25) is 0 Å². The zero-order chi connectivity index (χ0) is 14.8. The molecule has 21 heavy (non-hydrogen) atoms. The smallest absolute Gasteiger partial charge is 0.143 e. The Kier molecular flexibility index (Phi) is 3.43. The van der Waals surface area contributed by atoms with E-state index in [1.165, 1.54) is 17.0 Å². The van der Waals surface area contributed by atoms with Gasteiger partial charge in [0.1, 0.15) is 6.33 Å². The lowest BCUT2D eigenvalue weighted by Crippen LogP contribution is -2.02. The minimum Gasteiger partial charge on any atom is -0.381 e. The molecule has 0 saturated carbocycles. The molecule has 0 aliphatic heterocycles. The minimum atomic E-state index is 0.817. The second kappa shape index (κ2) is 5.40. The molecule has 0 aliphatic carbocycles. The lowest BCUT2D eigenvalue weighted by atomic mass is 10.2. The number of aromatic nitrogens is 5. The van der Waals surface area contributed by atoms with Gasteiger partial charge in [0.05, 0.1) is 5.69 Å². The number of benzene rings is 1. The molecule has 108 valence electrons. The Balaban J connectivity index is 1.69. The lowest BCUT2D eigenvalue weighted by molar-refractivity contribution is 0.789. The van der Waals surface area contributed by atoms with Gasteiger partial charge in [0.2, 0.25) is 0 Å². The number of tetrazole rings is 1. The molecule has 6 nitrogen and oxygen atoms in total. The second-order valence-corrected chi connectivity index (χ2v) is 5.11. The number of hydrogen-bond acceptors (Lipinski definition) is 4. The summed E-state index contributed by atoms with van der Waals surface area (Å²) < 4.78 is 3.84. The zero-order valence-electron chi connectivity index (χ0n) is 12.4. The van der Waals surface area contributed by atoms with E-state index in [1.54, 1.807) is 11.0 Å². The SMILES string of the molecule is Cc1cc(CNc2ccc(-n3cnnn3)cc2)c(C)n1C. The lowest BCUT2D eigenvalue weighted by Gasteiger charge is -2.08. The van der Waals surface area contributed by atoms with Gasteiger partial charge in [-0.05, 0) is 60.2 Å². The molecule has 0 bridgehead atoms. The highest BCUT2D eigenvalue weighted by atomic mass is 15.5. The van der Waals surface area contributed by atoms with Crippen LogP contribution in [0.15, 0.2) is 36.7 Å². The first-order valence-electron chi connectivity index (χ1n) is 6.84. The third-order valence-corrected chi connectivity index (χ3v) is 3.84. The van der Waals surface area contributed by atoms with Gasteiger partial charge in [-0.3, -0.25) is 0 Å². The Bertz CT molecular complexity index is 724. The zero-order valence-corrected chi connectivity index (χ0v) is 12.4. The average molecular weight is 282 g/mol. The Morgan fingerprint density at radius 3 is 2.48 bits per heavy atom. The van der Waals surface area contributed by atoms with Gasteiger partial charge >= 0.3 is 0 Å². The van der Waals surface area contributed by atoms with Crippen molar-refractivity contribution in [2.24, 2.45) is 7.05 Å². The molecular formula is C15H18N6. The van der Waals surface area contributed by atoms with Crippen LogP contribution in [0.5, 0.6) is 0 Å². The van der Waals surface area contributed by atoms with E-state index in [0.29, 0.717) is 0 Å². The van der Waals surface area contributed by atoms with Gasteiger partial charge in [0, 0.05) is 30.7 Å². The van der Waals surface area contributed by atoms with Gasteiger partial charge in [0.15, 0.2) is 0 Å². The van der Waals surface area contributed by atoms with Crippen LogP contribution in [0.25, 0.3) is 5.69 Å². The molecule has 0 amide bonds. The van der Waals surface area contributed by atoms with E-state index in [0.717, 1.165) is 17.9 Å². The average Bonchev–Trinajstić information content (AvgIpc) is 3.11. The van der Waals surface area contributed by atoms with Crippen molar-refractivity contribution in [2.45, 2.75) is 20.4 Å². The summed E-state index contributed by atoms with van der Waals surface area (Å²) in [5.41, 5.74) is 5.91. The third kappa shape index (κ3) is 2.65. The first kappa shape index (κ1) is 13.4. The Morgan fingerprint density at radius 2 is 1.90 bits per heavy atom. The fourth-order valence-corrected chi connectivity index (χ4v) is 2.32. The maximum absolute atomic E-state index is 3.87. The van der Waals surface area contributed by atoms with Crippen LogP contribution in [0, 0.1) is 13.8 Å². The van der Waals surface area contributed by atoms with Crippen LogP contribution in [0.1, 0.15) is 17.0 Å². The Morgan fingerprint density at radius 1 is 1.14 bits per heavy atom. The summed E-state index contributed by atoms with van der Waals surface area (Å²) in [6.45, 7) is 5.08. The van der Waals surface area contributed by atoms with Gasteiger partial charge in [-0.2, -0.15) is 0 Å². The van der Waals surface area contributed by atoms with Gasteiger partial charge in [-0.1, -0.05) is 0 Å². The fourth-order valence-electron chi connectivity index (χ4n) is 2.32. The summed E-state index contributed by atoms with van der Waals surface area (Å²) in [6.07, 6.45) is 1.58. The number of aryl methyl sites for hydroxylation is 1. The first-order chi connectivity index (χ1) is 10.1. The van der Waals surface area contributed by atoms with Crippen molar-refractivity contribution >= 4 is 5.69 Å². The summed E-state index contributed by atoms with van der Waals surface area (Å²) in [6, 6.07) is 10.3. The van der Waals surface area contributed by atoms with Crippen LogP contribution in [0.3, 0.4) is 0 Å². The highest BCUT2D eigenvalue weighted by molar-refractivity contribution is 5.49. The van der Waals surface area contributed by atoms with Crippen molar-refractivity contribution in [1.82, 2.24) is 24.8 Å². The van der Waals surface area contributed by atoms with Crippen molar-refractivity contribution in [3.8, 4) is 5.69 Å². The molecule has 0 radical (unpaired) electrons. The molecule has 3 aromatic rings. The third-order valence-electron chi connectivity index (χ3n) is 3.84. The molecule has 6 heteroatoms. The van der Waals surface area contributed by atoms with Gasteiger partial charge in [-0.15, -0.1) is 5.10 Å². The highest BCUT2D eigenvalue weighted by Gasteiger charge is 2.05. The first-order valence-corrected chi connectivity index (χ1v) is 6.84. The molecule has 0 aliphatic rings. The summed E-state index contributed by atoms with van der Waals surface area (Å²) >= 11 is 0. The highest BCUT2D eigenvalue weighted by Crippen LogP contribution is 2.17. The maximum Gasteiger partial charge on any atom is 0.143 e. The van der Waals surface area contributed by atoms with Gasteiger partial charge in [0.25, 0.3) is 0 Å². The molecule has 1 N–H and O–H groups in total. The maximum atomic E-state index is 3.87. The van der Waals surface area contributed by atoms with Crippen LogP contribution >= 0.6 is 0 Å². The van der Waals surface area contributed by atoms with Crippen molar-refractivity contribution in [1.29, 1.82) is 0 Å². The van der Waals surface area contributed by atoms with Crippen molar-refractivity contribution in [3.63, 3.8) is 0 Å². The molecule has 1 aromatic carbocycles. The summed E-state index contributed by atoms with van der Waals surface area (Å²) in [5, 5.41) is 14.6. The molecule has 2 aromatic heterocycles. The van der Waals surface area contributed by atoms with E-state index in [9.17, 15) is 0 Å². The van der Waals surface area contributed by atoms with Crippen molar-refractivity contribution < 1.29 is 0 Å². The van der Waals surface area contributed by atoms with Gasteiger partial charge < -0.3 is 9.88 Å². The van der Waals surface area contributed by atoms with Crippen LogP contribution in [0.4, 0.5) is 5.69 Å². The summed E-state index contributed by atoms with van der Waals surface area (Å²) in [4.78, 5) is 0. The van der Waals surface area contributed by atoms with E-state index >= 15 is 0 Å². The molecule has 2 heterocycles. The second-order valence-electron chi connectivity index (χ2n) is 5.11. The number of nitrogens with one attached hydrogen (secondary N) is 1. The number of rotatable bonds is 4. The molecular weight excluding hydrogens is 264 g/mol. The molecule has 0 spiro atoms. The molecule has 0 unspecified atom stereocenters. The number of anilines is 1. The predicted molar refractivity (Wildman–Crippen MR) is 81.4 cm³/mol. The van der Waals surface area contributed by atoms with Crippen LogP contribution in [-0.4, -0.2) is 24.8 Å². The largest absolute Gasteiger partial charge is 0.381 e. The quantitative estimate of drug-likeness (QED) is 0.797. The topological polar surface area (TPSA) is 60.6 Å². The number of nitrogens with zero attached hydrogens (tertiary/aromatic N) is 5. The van der Waals surface area contributed by atoms with Crippen LogP contribution < -0.4 is 5.32 Å². The fraction of sp³-hybridized carbons (Fsp3) is 0.267. The summed E-state index contributed by atoms with van der Waals surface area (Å²) in [7, 11) is 2.09. The monoisotopic (exact) mass is 282 g/mol. The minimum absolute atomic E-state index is 0.817. The molecule has 3 rings (SSSR count). The molecule has 0 saturated heterocycles. The van der Waals surface area contributed by atoms with Crippen LogP contribution in [-0.2, 0) is 13.6 Å². The van der Waals surface area contributed by atoms with E-state index in [4.69, 9.17) is 0 Å². The molecule has 0 atom stereocenters. The van der Waals surface area contributed by atoms with E-state index in [2.05, 4.69) is 52.4 Å². The van der Waals surface area contributed by atoms with E-state index in [1.807, 2.05) is 24.3 Å². The standard InChI is InChI=1S/C15H18N6/c1-11-8-13(12(2)20(11)3)9-16-14-4-6-15(7-5-14)21-10-17-18-19-21/h4-8,10,16H,9H2,1-3H3. The van der Waals surface area contributed by atoms with Crippen molar-refractivity contribution in [2.75, 3.05) is 5.32 Å². The number of hydrogen-bond donors (Lipinski definition) is 1. The predicted octanol–water partition coefficient (Wildman–Crippen LogP) is 2.23.